The molecule has 1 aromatic heterocycles. The zero-order valence-corrected chi connectivity index (χ0v) is 9.92. The molecule has 1 heterocycles. The molecule has 2 aromatic rings. The minimum atomic E-state index is -1.21. The second kappa shape index (κ2) is 4.89. The van der Waals surface area contributed by atoms with Crippen LogP contribution in [0.4, 0.5) is 4.39 Å². The lowest BCUT2D eigenvalue weighted by Crippen LogP contribution is -2.18. The quantitative estimate of drug-likeness (QED) is 0.867. The number of carboxylic acid groups (broad SMARTS) is 1. The third-order valence-corrected chi connectivity index (χ3v) is 2.49. The van der Waals surface area contributed by atoms with Gasteiger partial charge in [0.1, 0.15) is 11.5 Å². The first-order valence-corrected chi connectivity index (χ1v) is 5.34. The van der Waals surface area contributed by atoms with Crippen molar-refractivity contribution in [2.75, 3.05) is 7.05 Å². The number of amides is 1. The number of nitrogens with one attached hydrogen (secondary N) is 1. The molecule has 0 radical (unpaired) electrons. The number of hydrogen-bond donors (Lipinski definition) is 2. The first kappa shape index (κ1) is 12.7. The Hall–Kier alpha value is -2.70. The molecule has 0 saturated heterocycles. The number of carbonyl (C=O) groups is 2. The molecule has 2 rings (SSSR count). The summed E-state index contributed by atoms with van der Waals surface area (Å²) in [7, 11) is 1.46. The largest absolute Gasteiger partial charge is 0.478 e. The van der Waals surface area contributed by atoms with Gasteiger partial charge < -0.3 is 10.4 Å². The summed E-state index contributed by atoms with van der Waals surface area (Å²) >= 11 is 0. The summed E-state index contributed by atoms with van der Waals surface area (Å²) < 4.78 is 14.9. The maximum Gasteiger partial charge on any atom is 0.335 e. The summed E-state index contributed by atoms with van der Waals surface area (Å²) in [5, 5.41) is 15.0. The van der Waals surface area contributed by atoms with E-state index in [0.717, 1.165) is 6.07 Å². The summed E-state index contributed by atoms with van der Waals surface area (Å²) in [4.78, 5) is 22.0. The second-order valence-corrected chi connectivity index (χ2v) is 3.70. The molecule has 0 aliphatic heterocycles. The third kappa shape index (κ3) is 2.44. The number of aromatic carboxylic acids is 1. The van der Waals surface area contributed by atoms with Gasteiger partial charge in [-0.2, -0.15) is 5.10 Å². The van der Waals surface area contributed by atoms with E-state index < -0.39 is 11.8 Å². The van der Waals surface area contributed by atoms with Crippen LogP contribution in [0, 0.1) is 5.82 Å². The summed E-state index contributed by atoms with van der Waals surface area (Å²) in [5.41, 5.74) is 0.0595. The second-order valence-electron chi connectivity index (χ2n) is 3.70. The van der Waals surface area contributed by atoms with Crippen molar-refractivity contribution in [2.45, 2.75) is 0 Å². The molecule has 2 N–H and O–H groups in total. The van der Waals surface area contributed by atoms with Crippen molar-refractivity contribution in [1.29, 1.82) is 0 Å². The highest BCUT2D eigenvalue weighted by molar-refractivity contribution is 5.92. The van der Waals surface area contributed by atoms with Crippen LogP contribution in [0.25, 0.3) is 5.69 Å². The standard InChI is InChI=1S/C12H10FN3O3/c1-14-11(17)9-4-5-16(15-9)10-3-2-7(12(18)19)6-8(10)13/h2-6H,1H3,(H,14,17)(H,18,19). The van der Waals surface area contributed by atoms with Crippen molar-refractivity contribution < 1.29 is 19.1 Å². The highest BCUT2D eigenvalue weighted by atomic mass is 19.1. The molecule has 0 aliphatic carbocycles. The van der Waals surface area contributed by atoms with E-state index in [1.54, 1.807) is 0 Å². The van der Waals surface area contributed by atoms with Gasteiger partial charge in [0, 0.05) is 13.2 Å². The summed E-state index contributed by atoms with van der Waals surface area (Å²) in [6, 6.07) is 4.89. The van der Waals surface area contributed by atoms with Crippen molar-refractivity contribution in [1.82, 2.24) is 15.1 Å². The zero-order chi connectivity index (χ0) is 14.0. The minimum absolute atomic E-state index is 0.0696. The Morgan fingerprint density at radius 3 is 2.68 bits per heavy atom. The summed E-state index contributed by atoms with van der Waals surface area (Å²) in [6.07, 6.45) is 1.42. The topological polar surface area (TPSA) is 84.2 Å². The molecule has 0 unspecified atom stereocenters. The molecule has 0 saturated carbocycles. The highest BCUT2D eigenvalue weighted by Gasteiger charge is 2.12. The fourth-order valence-corrected chi connectivity index (χ4v) is 1.53. The van der Waals surface area contributed by atoms with E-state index in [0.29, 0.717) is 0 Å². The van der Waals surface area contributed by atoms with Crippen LogP contribution in [-0.4, -0.2) is 33.8 Å². The fraction of sp³-hybridized carbons (Fsp3) is 0.0833. The van der Waals surface area contributed by atoms with Gasteiger partial charge in [-0.15, -0.1) is 0 Å². The number of halogens is 1. The zero-order valence-electron chi connectivity index (χ0n) is 9.92. The van der Waals surface area contributed by atoms with Gasteiger partial charge in [-0.3, -0.25) is 4.79 Å². The van der Waals surface area contributed by atoms with Crippen LogP contribution in [0.3, 0.4) is 0 Å². The molecular weight excluding hydrogens is 253 g/mol. The van der Waals surface area contributed by atoms with Gasteiger partial charge in [0.05, 0.1) is 5.56 Å². The van der Waals surface area contributed by atoms with Crippen LogP contribution in [0.2, 0.25) is 0 Å². The molecule has 7 heteroatoms. The summed E-state index contributed by atoms with van der Waals surface area (Å²) in [6.45, 7) is 0. The van der Waals surface area contributed by atoms with Gasteiger partial charge in [-0.25, -0.2) is 13.9 Å². The Balaban J connectivity index is 2.39. The van der Waals surface area contributed by atoms with Gasteiger partial charge in [0.2, 0.25) is 0 Å². The Morgan fingerprint density at radius 1 is 1.37 bits per heavy atom. The van der Waals surface area contributed by atoms with Crippen molar-refractivity contribution in [3.05, 3.63) is 47.5 Å². The minimum Gasteiger partial charge on any atom is -0.478 e. The Bertz CT molecular complexity index is 651. The SMILES string of the molecule is CNC(=O)c1ccn(-c2ccc(C(=O)O)cc2F)n1. The number of nitrogens with zero attached hydrogens (tertiary/aromatic N) is 2. The Kier molecular flexibility index (Phi) is 3.28. The summed E-state index contributed by atoms with van der Waals surface area (Å²) in [5.74, 6) is -2.33. The van der Waals surface area contributed by atoms with Crippen LogP contribution in [0.5, 0.6) is 0 Å². The van der Waals surface area contributed by atoms with Gasteiger partial charge in [-0.05, 0) is 24.3 Å². The number of carbonyl (C=O) groups excluding carboxylic acids is 1. The first-order valence-electron chi connectivity index (χ1n) is 5.34. The highest BCUT2D eigenvalue weighted by Crippen LogP contribution is 2.15. The van der Waals surface area contributed by atoms with Crippen molar-refractivity contribution in [3.63, 3.8) is 0 Å². The van der Waals surface area contributed by atoms with E-state index in [1.165, 1.54) is 36.1 Å². The van der Waals surface area contributed by atoms with E-state index in [9.17, 15) is 14.0 Å². The lowest BCUT2D eigenvalue weighted by Gasteiger charge is -2.04. The lowest BCUT2D eigenvalue weighted by atomic mass is 10.2. The van der Waals surface area contributed by atoms with E-state index >= 15 is 0 Å². The molecule has 0 atom stereocenters. The van der Waals surface area contributed by atoms with Crippen LogP contribution < -0.4 is 5.32 Å². The van der Waals surface area contributed by atoms with Crippen LogP contribution >= 0.6 is 0 Å². The maximum absolute atomic E-state index is 13.8. The lowest BCUT2D eigenvalue weighted by molar-refractivity contribution is 0.0696. The number of rotatable bonds is 3. The third-order valence-electron chi connectivity index (χ3n) is 2.49. The average molecular weight is 263 g/mol. The molecule has 0 bridgehead atoms. The first-order chi connectivity index (χ1) is 9.02. The van der Waals surface area contributed by atoms with Gasteiger partial charge in [0.25, 0.3) is 5.91 Å². The average Bonchev–Trinajstić information content (AvgIpc) is 2.87. The van der Waals surface area contributed by atoms with Crippen molar-refractivity contribution >= 4 is 11.9 Å². The predicted molar refractivity (Wildman–Crippen MR) is 63.9 cm³/mol. The number of carboxylic acids is 1. The van der Waals surface area contributed by atoms with Gasteiger partial charge >= 0.3 is 5.97 Å². The van der Waals surface area contributed by atoms with E-state index in [1.807, 2.05) is 0 Å². The predicted octanol–water partition coefficient (Wildman–Crippen LogP) is 1.07. The molecule has 0 aliphatic rings. The van der Waals surface area contributed by atoms with Crippen LogP contribution in [0.1, 0.15) is 20.8 Å². The number of hydrogen-bond acceptors (Lipinski definition) is 3. The Morgan fingerprint density at radius 2 is 2.11 bits per heavy atom. The monoisotopic (exact) mass is 263 g/mol. The molecule has 98 valence electrons. The fourth-order valence-electron chi connectivity index (χ4n) is 1.53. The smallest absolute Gasteiger partial charge is 0.335 e. The van der Waals surface area contributed by atoms with Gasteiger partial charge in [0.15, 0.2) is 5.69 Å². The van der Waals surface area contributed by atoms with Crippen molar-refractivity contribution in [2.24, 2.45) is 0 Å². The molecule has 6 nitrogen and oxygen atoms in total. The normalized spacial score (nSPS) is 10.2. The van der Waals surface area contributed by atoms with Crippen molar-refractivity contribution in [3.8, 4) is 5.69 Å². The molecule has 1 aromatic carbocycles. The number of aromatic nitrogens is 2. The molecule has 1 amide bonds. The van der Waals surface area contributed by atoms with Crippen LogP contribution in [0.15, 0.2) is 30.5 Å². The Labute approximate surface area is 107 Å². The van der Waals surface area contributed by atoms with E-state index in [-0.39, 0.29) is 22.9 Å². The molecule has 0 fully saturated rings. The molecular formula is C12H10FN3O3. The van der Waals surface area contributed by atoms with Crippen LogP contribution in [-0.2, 0) is 0 Å². The molecule has 19 heavy (non-hydrogen) atoms. The van der Waals surface area contributed by atoms with E-state index in [2.05, 4.69) is 10.4 Å². The van der Waals surface area contributed by atoms with E-state index in [4.69, 9.17) is 5.11 Å². The maximum atomic E-state index is 13.8. The number of benzene rings is 1. The molecule has 0 spiro atoms. The van der Waals surface area contributed by atoms with Gasteiger partial charge in [-0.1, -0.05) is 0 Å².